The van der Waals surface area contributed by atoms with Gasteiger partial charge in [0.05, 0.1) is 16.9 Å². The quantitative estimate of drug-likeness (QED) is 0.256. The summed E-state index contributed by atoms with van der Waals surface area (Å²) in [4.78, 5) is 32.7. The lowest BCUT2D eigenvalue weighted by Crippen LogP contribution is -2.32. The number of nitrogen functional groups attached to an aromatic ring is 1. The van der Waals surface area contributed by atoms with Crippen LogP contribution in [0.1, 0.15) is 62.5 Å². The van der Waals surface area contributed by atoms with Crippen LogP contribution in [0.15, 0.2) is 42.5 Å². The average Bonchev–Trinajstić information content (AvgIpc) is 3.48. The van der Waals surface area contributed by atoms with Gasteiger partial charge in [-0.25, -0.2) is 4.98 Å². The van der Waals surface area contributed by atoms with Crippen LogP contribution in [0, 0.1) is 20.8 Å². The zero-order chi connectivity index (χ0) is 26.3. The number of rotatable bonds is 5. The van der Waals surface area contributed by atoms with Gasteiger partial charge >= 0.3 is 0 Å². The zero-order valence-electron chi connectivity index (χ0n) is 21.1. The standard InChI is InChI=1S/C29H29ClN4O2S/c1-15-12-13-21(16(2)14-15)34-27(35)22-17(3)32-29-24(23(22)19-10-6-7-11-20(19)30)25(31)26(37-29)28(36)33-18-8-4-5-9-18/h6-7,10-14,18H,4-5,8-9,31H2,1-3H3,(H,33,36)(H,34,35). The molecule has 6 nitrogen and oxygen atoms in total. The molecular weight excluding hydrogens is 504 g/mol. The number of carbonyl (C=O) groups is 2. The van der Waals surface area contributed by atoms with E-state index < -0.39 is 0 Å². The molecule has 1 aliphatic rings. The van der Waals surface area contributed by atoms with Crippen molar-refractivity contribution in [1.82, 2.24) is 10.3 Å². The van der Waals surface area contributed by atoms with Crippen LogP contribution in [0.3, 0.4) is 0 Å². The van der Waals surface area contributed by atoms with Crippen molar-refractivity contribution in [3.05, 3.63) is 74.7 Å². The summed E-state index contributed by atoms with van der Waals surface area (Å²) in [5, 5.41) is 7.23. The van der Waals surface area contributed by atoms with E-state index in [0.717, 1.165) is 42.5 Å². The third-order valence-corrected chi connectivity index (χ3v) is 8.38. The number of benzene rings is 2. The lowest BCUT2D eigenvalue weighted by Gasteiger charge is -2.17. The first-order valence-corrected chi connectivity index (χ1v) is 13.6. The highest BCUT2D eigenvalue weighted by Gasteiger charge is 2.28. The summed E-state index contributed by atoms with van der Waals surface area (Å²) in [6.45, 7) is 5.76. The minimum Gasteiger partial charge on any atom is -0.397 e. The maximum atomic E-state index is 13.8. The van der Waals surface area contributed by atoms with Gasteiger partial charge in [0.1, 0.15) is 9.71 Å². The van der Waals surface area contributed by atoms with E-state index in [0.29, 0.717) is 48.2 Å². The number of nitrogens with zero attached hydrogens (tertiary/aromatic N) is 1. The fraction of sp³-hybridized carbons (Fsp3) is 0.276. The zero-order valence-corrected chi connectivity index (χ0v) is 22.6. The van der Waals surface area contributed by atoms with Crippen LogP contribution >= 0.6 is 22.9 Å². The molecule has 2 heterocycles. The highest BCUT2D eigenvalue weighted by Crippen LogP contribution is 2.44. The number of hydrogen-bond donors (Lipinski definition) is 3. The van der Waals surface area contributed by atoms with Crippen LogP contribution < -0.4 is 16.4 Å². The number of halogens is 1. The SMILES string of the molecule is Cc1ccc(NC(=O)c2c(C)nc3sc(C(=O)NC4CCCC4)c(N)c3c2-c2ccccc2Cl)c(C)c1. The lowest BCUT2D eigenvalue weighted by molar-refractivity contribution is 0.0942. The summed E-state index contributed by atoms with van der Waals surface area (Å²) >= 11 is 7.91. The molecule has 5 rings (SSSR count). The molecule has 2 amide bonds. The fourth-order valence-corrected chi connectivity index (χ4v) is 6.39. The van der Waals surface area contributed by atoms with Gasteiger partial charge in [-0.05, 0) is 51.3 Å². The third kappa shape index (κ3) is 4.81. The highest BCUT2D eigenvalue weighted by atomic mass is 35.5. The van der Waals surface area contributed by atoms with Crippen LogP contribution in [-0.4, -0.2) is 22.8 Å². The van der Waals surface area contributed by atoms with Crippen LogP contribution in [0.4, 0.5) is 11.4 Å². The molecule has 190 valence electrons. The number of hydrogen-bond acceptors (Lipinski definition) is 5. The van der Waals surface area contributed by atoms with Crippen LogP contribution in [0.25, 0.3) is 21.3 Å². The van der Waals surface area contributed by atoms with Crippen molar-refractivity contribution < 1.29 is 9.59 Å². The molecular formula is C29H29ClN4O2S. The Morgan fingerprint density at radius 3 is 2.49 bits per heavy atom. The summed E-state index contributed by atoms with van der Waals surface area (Å²) < 4.78 is 0. The molecule has 0 saturated heterocycles. The van der Waals surface area contributed by atoms with Crippen molar-refractivity contribution in [1.29, 1.82) is 0 Å². The summed E-state index contributed by atoms with van der Waals surface area (Å²) in [7, 11) is 0. The van der Waals surface area contributed by atoms with Crippen molar-refractivity contribution in [3.8, 4) is 11.1 Å². The molecule has 0 unspecified atom stereocenters. The molecule has 0 bridgehead atoms. The molecule has 0 atom stereocenters. The average molecular weight is 533 g/mol. The van der Waals surface area contributed by atoms with E-state index in [4.69, 9.17) is 22.3 Å². The van der Waals surface area contributed by atoms with Gasteiger partial charge in [0.25, 0.3) is 11.8 Å². The number of aromatic nitrogens is 1. The molecule has 1 saturated carbocycles. The Morgan fingerprint density at radius 2 is 1.78 bits per heavy atom. The van der Waals surface area contributed by atoms with Gasteiger partial charge in [0.15, 0.2) is 0 Å². The number of nitrogens with two attached hydrogens (primary N) is 1. The lowest BCUT2D eigenvalue weighted by atomic mass is 9.94. The largest absolute Gasteiger partial charge is 0.397 e. The third-order valence-electron chi connectivity index (χ3n) is 6.95. The second-order valence-electron chi connectivity index (χ2n) is 9.68. The second-order valence-corrected chi connectivity index (χ2v) is 11.1. The summed E-state index contributed by atoms with van der Waals surface area (Å²) in [6.07, 6.45) is 4.18. The normalized spacial score (nSPS) is 13.7. The molecule has 4 aromatic rings. The van der Waals surface area contributed by atoms with Crippen LogP contribution in [0.2, 0.25) is 5.02 Å². The minimum absolute atomic E-state index is 0.161. The smallest absolute Gasteiger partial charge is 0.263 e. The fourth-order valence-electron chi connectivity index (χ4n) is 5.11. The van der Waals surface area contributed by atoms with Crippen LogP contribution in [-0.2, 0) is 0 Å². The van der Waals surface area contributed by atoms with E-state index >= 15 is 0 Å². The van der Waals surface area contributed by atoms with Crippen molar-refractivity contribution >= 4 is 56.3 Å². The number of anilines is 2. The summed E-state index contributed by atoms with van der Waals surface area (Å²) in [5.41, 5.74) is 11.9. The number of amides is 2. The van der Waals surface area contributed by atoms with E-state index in [1.165, 1.54) is 11.3 Å². The number of carbonyl (C=O) groups excluding carboxylic acids is 2. The van der Waals surface area contributed by atoms with Gasteiger partial charge < -0.3 is 16.4 Å². The molecule has 2 aromatic heterocycles. The van der Waals surface area contributed by atoms with Crippen molar-refractivity contribution in [3.63, 3.8) is 0 Å². The van der Waals surface area contributed by atoms with Gasteiger partial charge in [0.2, 0.25) is 0 Å². The predicted octanol–water partition coefficient (Wildman–Crippen LogP) is 7.05. The molecule has 4 N–H and O–H groups in total. The first kappa shape index (κ1) is 25.2. The Bertz CT molecular complexity index is 1540. The molecule has 0 spiro atoms. The summed E-state index contributed by atoms with van der Waals surface area (Å²) in [5.74, 6) is -0.507. The number of fused-ring (bicyclic) bond motifs is 1. The summed E-state index contributed by atoms with van der Waals surface area (Å²) in [6, 6.07) is 13.4. The topological polar surface area (TPSA) is 97.1 Å². The first-order chi connectivity index (χ1) is 17.7. The minimum atomic E-state index is -0.309. The molecule has 0 aliphatic heterocycles. The van der Waals surface area contributed by atoms with Crippen LogP contribution in [0.5, 0.6) is 0 Å². The Balaban J connectivity index is 1.68. The van der Waals surface area contributed by atoms with Gasteiger partial charge in [-0.15, -0.1) is 11.3 Å². The van der Waals surface area contributed by atoms with Gasteiger partial charge in [-0.1, -0.05) is 60.3 Å². The maximum Gasteiger partial charge on any atom is 0.263 e. The molecule has 1 fully saturated rings. The molecule has 1 aliphatic carbocycles. The maximum absolute atomic E-state index is 13.8. The first-order valence-electron chi connectivity index (χ1n) is 12.4. The monoisotopic (exact) mass is 532 g/mol. The Morgan fingerprint density at radius 1 is 1.05 bits per heavy atom. The van der Waals surface area contributed by atoms with Crippen molar-refractivity contribution in [2.24, 2.45) is 0 Å². The molecule has 0 radical (unpaired) electrons. The molecule has 37 heavy (non-hydrogen) atoms. The Kier molecular flexibility index (Phi) is 6.92. The number of pyridine rings is 1. The van der Waals surface area contributed by atoms with Gasteiger partial charge in [-0.2, -0.15) is 0 Å². The predicted molar refractivity (Wildman–Crippen MR) is 153 cm³/mol. The Hall–Kier alpha value is -3.42. The van der Waals surface area contributed by atoms with E-state index in [1.54, 1.807) is 13.0 Å². The van der Waals surface area contributed by atoms with Crippen molar-refractivity contribution in [2.45, 2.75) is 52.5 Å². The second kappa shape index (κ2) is 10.1. The highest BCUT2D eigenvalue weighted by molar-refractivity contribution is 7.21. The van der Waals surface area contributed by atoms with E-state index in [2.05, 4.69) is 10.6 Å². The van der Waals surface area contributed by atoms with E-state index in [-0.39, 0.29) is 17.9 Å². The van der Waals surface area contributed by atoms with Gasteiger partial charge in [-0.3, -0.25) is 9.59 Å². The number of nitrogens with one attached hydrogen (secondary N) is 2. The van der Waals surface area contributed by atoms with E-state index in [9.17, 15) is 9.59 Å². The molecule has 8 heteroatoms. The number of thiophene rings is 1. The van der Waals surface area contributed by atoms with E-state index in [1.807, 2.05) is 50.2 Å². The Labute approximate surface area is 225 Å². The molecule has 2 aromatic carbocycles. The number of aryl methyl sites for hydroxylation is 3. The van der Waals surface area contributed by atoms with Gasteiger partial charge in [0, 0.05) is 33.3 Å². The van der Waals surface area contributed by atoms with Crippen molar-refractivity contribution in [2.75, 3.05) is 11.1 Å².